The maximum absolute atomic E-state index is 14.2. The Morgan fingerprint density at radius 1 is 1.32 bits per heavy atom. The maximum Gasteiger partial charge on any atom is 0.259 e. The minimum atomic E-state index is -1.31. The number of nitrogens with zero attached hydrogens (tertiary/aromatic N) is 3. The van der Waals surface area contributed by atoms with E-state index in [0.717, 1.165) is 19.4 Å². The van der Waals surface area contributed by atoms with Crippen LogP contribution in [-0.2, 0) is 21.7 Å². The van der Waals surface area contributed by atoms with Crippen molar-refractivity contribution in [2.24, 2.45) is 5.92 Å². The van der Waals surface area contributed by atoms with Crippen molar-refractivity contribution in [2.75, 3.05) is 20.2 Å². The van der Waals surface area contributed by atoms with Crippen molar-refractivity contribution in [1.29, 1.82) is 0 Å². The molecule has 1 atom stereocenters. The highest BCUT2D eigenvalue weighted by Crippen LogP contribution is 2.31. The Morgan fingerprint density at radius 3 is 2.64 bits per heavy atom. The van der Waals surface area contributed by atoms with E-state index in [9.17, 15) is 9.18 Å². The van der Waals surface area contributed by atoms with Crippen molar-refractivity contribution < 1.29 is 13.9 Å². The smallest absolute Gasteiger partial charge is 0.259 e. The van der Waals surface area contributed by atoms with Gasteiger partial charge < -0.3 is 9.64 Å². The summed E-state index contributed by atoms with van der Waals surface area (Å²) in [5.41, 5.74) is -1.03. The number of rotatable bonds is 5. The Kier molecular flexibility index (Phi) is 5.18. The largest absolute Gasteiger partial charge is 0.364 e. The number of carbonyl (C=O) groups is 1. The number of aromatic nitrogens is 2. The van der Waals surface area contributed by atoms with Gasteiger partial charge in [-0.3, -0.25) is 9.48 Å². The van der Waals surface area contributed by atoms with Crippen LogP contribution in [0.3, 0.4) is 0 Å². The molecule has 1 aromatic heterocycles. The van der Waals surface area contributed by atoms with Crippen LogP contribution in [0, 0.1) is 11.7 Å². The van der Waals surface area contributed by atoms with Gasteiger partial charge in [0.1, 0.15) is 5.82 Å². The fourth-order valence-corrected chi connectivity index (χ4v) is 3.45. The van der Waals surface area contributed by atoms with Gasteiger partial charge in [0.25, 0.3) is 5.91 Å². The summed E-state index contributed by atoms with van der Waals surface area (Å²) in [5.74, 6) is -0.113. The lowest BCUT2D eigenvalue weighted by Crippen LogP contribution is -2.49. The zero-order valence-electron chi connectivity index (χ0n) is 14.7. The van der Waals surface area contributed by atoms with E-state index >= 15 is 0 Å². The van der Waals surface area contributed by atoms with E-state index < -0.39 is 11.4 Å². The van der Waals surface area contributed by atoms with E-state index in [1.54, 1.807) is 36.2 Å². The molecule has 0 bridgehead atoms. The van der Waals surface area contributed by atoms with Gasteiger partial charge in [-0.25, -0.2) is 4.39 Å². The molecular weight excluding hydrogens is 321 g/mol. The lowest BCUT2D eigenvalue weighted by Gasteiger charge is -2.38. The third kappa shape index (κ3) is 3.58. The number of hydrogen-bond acceptors (Lipinski definition) is 3. The number of piperidine rings is 1. The monoisotopic (exact) mass is 345 g/mol. The summed E-state index contributed by atoms with van der Waals surface area (Å²) < 4.78 is 21.6. The quantitative estimate of drug-likeness (QED) is 0.837. The number of hydrogen-bond donors (Lipinski definition) is 0. The van der Waals surface area contributed by atoms with Gasteiger partial charge in [-0.05, 0) is 37.8 Å². The van der Waals surface area contributed by atoms with E-state index in [1.165, 1.54) is 13.2 Å². The van der Waals surface area contributed by atoms with Gasteiger partial charge in [-0.2, -0.15) is 5.10 Å². The van der Waals surface area contributed by atoms with Crippen LogP contribution < -0.4 is 0 Å². The van der Waals surface area contributed by atoms with E-state index in [2.05, 4.69) is 5.10 Å². The van der Waals surface area contributed by atoms with Gasteiger partial charge in [0.05, 0.1) is 0 Å². The molecule has 0 radical (unpaired) electrons. The first-order valence-corrected chi connectivity index (χ1v) is 8.61. The average molecular weight is 345 g/mol. The zero-order chi connectivity index (χ0) is 17.9. The van der Waals surface area contributed by atoms with Gasteiger partial charge in [-0.15, -0.1) is 0 Å². The second-order valence-electron chi connectivity index (χ2n) is 6.68. The molecule has 2 heterocycles. The summed E-state index contributed by atoms with van der Waals surface area (Å²) in [6, 6.07) is 8.22. The Bertz CT molecular complexity index is 711. The Hall–Kier alpha value is -2.21. The number of amides is 1. The predicted molar refractivity (Wildman–Crippen MR) is 92.3 cm³/mol. The molecule has 1 saturated heterocycles. The molecule has 0 spiro atoms. The first kappa shape index (κ1) is 17.6. The molecule has 1 amide bonds. The summed E-state index contributed by atoms with van der Waals surface area (Å²) in [5, 5.41) is 4.24. The molecule has 2 aromatic rings. The van der Waals surface area contributed by atoms with Gasteiger partial charge >= 0.3 is 0 Å². The normalized spacial score (nSPS) is 18.1. The zero-order valence-corrected chi connectivity index (χ0v) is 14.7. The van der Waals surface area contributed by atoms with Gasteiger partial charge in [0.2, 0.25) is 0 Å². The minimum absolute atomic E-state index is 0.183. The molecule has 25 heavy (non-hydrogen) atoms. The highest BCUT2D eigenvalue weighted by Gasteiger charge is 2.41. The van der Waals surface area contributed by atoms with Crippen LogP contribution in [0.2, 0.25) is 0 Å². The Balaban J connectivity index is 1.67. The number of carbonyl (C=O) groups excluding carboxylic acids is 1. The average Bonchev–Trinajstić information content (AvgIpc) is 3.14. The summed E-state index contributed by atoms with van der Waals surface area (Å²) >= 11 is 0. The fourth-order valence-electron chi connectivity index (χ4n) is 3.45. The Morgan fingerprint density at radius 2 is 2.04 bits per heavy atom. The minimum Gasteiger partial charge on any atom is -0.364 e. The molecule has 6 heteroatoms. The predicted octanol–water partition coefficient (Wildman–Crippen LogP) is 2.82. The van der Waals surface area contributed by atoms with Gasteiger partial charge in [0.15, 0.2) is 5.60 Å². The molecular formula is C19H24FN3O2. The third-order valence-corrected chi connectivity index (χ3v) is 5.11. The maximum atomic E-state index is 14.2. The Labute approximate surface area is 147 Å². The summed E-state index contributed by atoms with van der Waals surface area (Å²) in [6.45, 7) is 3.81. The van der Waals surface area contributed by atoms with Crippen molar-refractivity contribution in [2.45, 2.75) is 31.9 Å². The second-order valence-corrected chi connectivity index (χ2v) is 6.68. The fraction of sp³-hybridized carbons (Fsp3) is 0.474. The summed E-state index contributed by atoms with van der Waals surface area (Å²) in [4.78, 5) is 14.8. The van der Waals surface area contributed by atoms with Crippen LogP contribution in [0.15, 0.2) is 42.7 Å². The topological polar surface area (TPSA) is 47.4 Å². The molecule has 1 aliphatic heterocycles. The van der Waals surface area contributed by atoms with E-state index in [-0.39, 0.29) is 11.5 Å². The van der Waals surface area contributed by atoms with E-state index in [1.807, 2.05) is 16.9 Å². The molecule has 0 saturated carbocycles. The first-order valence-electron chi connectivity index (χ1n) is 8.61. The van der Waals surface area contributed by atoms with Crippen LogP contribution >= 0.6 is 0 Å². The SMILES string of the molecule is COC(C)(C(=O)N1CCC(Cn2cccn2)CC1)c1ccccc1F. The first-order chi connectivity index (χ1) is 12.0. The van der Waals surface area contributed by atoms with Crippen molar-refractivity contribution in [3.63, 3.8) is 0 Å². The van der Waals surface area contributed by atoms with Crippen molar-refractivity contribution in [3.05, 3.63) is 54.1 Å². The number of benzene rings is 1. The molecule has 134 valence electrons. The molecule has 5 nitrogen and oxygen atoms in total. The van der Waals surface area contributed by atoms with Gasteiger partial charge in [-0.1, -0.05) is 18.2 Å². The van der Waals surface area contributed by atoms with E-state index in [4.69, 9.17) is 4.74 Å². The molecule has 1 unspecified atom stereocenters. The molecule has 1 fully saturated rings. The molecule has 0 N–H and O–H groups in total. The third-order valence-electron chi connectivity index (χ3n) is 5.11. The van der Waals surface area contributed by atoms with Crippen LogP contribution in [-0.4, -0.2) is 40.8 Å². The van der Waals surface area contributed by atoms with Crippen molar-refractivity contribution >= 4 is 5.91 Å². The van der Waals surface area contributed by atoms with Crippen LogP contribution in [0.5, 0.6) is 0 Å². The van der Waals surface area contributed by atoms with Gasteiger partial charge in [0, 0.05) is 44.7 Å². The van der Waals surface area contributed by atoms with E-state index in [0.29, 0.717) is 19.0 Å². The number of halogens is 1. The number of ether oxygens (including phenoxy) is 1. The van der Waals surface area contributed by atoms with Crippen molar-refractivity contribution in [1.82, 2.24) is 14.7 Å². The molecule has 1 aromatic carbocycles. The standard InChI is InChI=1S/C19H24FN3O2/c1-19(25-2,16-6-3-4-7-17(16)20)18(24)22-12-8-15(9-13-22)14-23-11-5-10-21-23/h3-7,10-11,15H,8-9,12-14H2,1-2H3. The van der Waals surface area contributed by atoms with Crippen LogP contribution in [0.1, 0.15) is 25.3 Å². The number of methoxy groups -OCH3 is 1. The molecule has 3 rings (SSSR count). The highest BCUT2D eigenvalue weighted by atomic mass is 19.1. The second kappa shape index (κ2) is 7.35. The molecule has 1 aliphatic rings. The summed E-state index contributed by atoms with van der Waals surface area (Å²) in [7, 11) is 1.45. The molecule has 0 aliphatic carbocycles. The van der Waals surface area contributed by atoms with Crippen molar-refractivity contribution in [3.8, 4) is 0 Å². The lowest BCUT2D eigenvalue weighted by atomic mass is 9.90. The highest BCUT2D eigenvalue weighted by molar-refractivity contribution is 5.86. The van der Waals surface area contributed by atoms with Crippen LogP contribution in [0.25, 0.3) is 0 Å². The number of likely N-dealkylation sites (tertiary alicyclic amines) is 1. The lowest BCUT2D eigenvalue weighted by molar-refractivity contribution is -0.156. The summed E-state index contributed by atoms with van der Waals surface area (Å²) in [6.07, 6.45) is 5.54. The van der Waals surface area contributed by atoms with Crippen LogP contribution in [0.4, 0.5) is 4.39 Å².